The summed E-state index contributed by atoms with van der Waals surface area (Å²) in [6.07, 6.45) is 12.3. The fourth-order valence-corrected chi connectivity index (χ4v) is 1.92. The molecule has 12 heavy (non-hydrogen) atoms. The molecule has 62 valence electrons. The zero-order valence-electron chi connectivity index (χ0n) is 6.69. The van der Waals surface area contributed by atoms with Gasteiger partial charge in [0.15, 0.2) is 0 Å². The van der Waals surface area contributed by atoms with Gasteiger partial charge < -0.3 is 4.74 Å². The summed E-state index contributed by atoms with van der Waals surface area (Å²) in [6, 6.07) is 0. The minimum atomic E-state index is 1.13. The Balaban J connectivity index is 2.13. The Morgan fingerprint density at radius 1 is 1.42 bits per heavy atom. The number of ether oxygens (including phenoxy) is 1. The van der Waals surface area contributed by atoms with E-state index in [9.17, 15) is 0 Å². The molecule has 1 aliphatic carbocycles. The van der Waals surface area contributed by atoms with Crippen LogP contribution in [-0.2, 0) is 4.74 Å². The van der Waals surface area contributed by atoms with Crippen LogP contribution in [0.25, 0.3) is 0 Å². The van der Waals surface area contributed by atoms with E-state index in [2.05, 4.69) is 18.2 Å². The first kappa shape index (κ1) is 7.74. The molecule has 0 fully saturated rings. The van der Waals surface area contributed by atoms with Crippen LogP contribution in [0.4, 0.5) is 0 Å². The van der Waals surface area contributed by atoms with Crippen molar-refractivity contribution in [3.05, 3.63) is 46.6 Å². The number of allylic oxidation sites excluding steroid dienone is 4. The predicted molar refractivity (Wildman–Crippen MR) is 52.4 cm³/mol. The molecule has 1 heterocycles. The van der Waals surface area contributed by atoms with Crippen molar-refractivity contribution in [3.63, 3.8) is 0 Å². The summed E-state index contributed by atoms with van der Waals surface area (Å²) < 4.78 is 5.11. The molecule has 2 heteroatoms. The van der Waals surface area contributed by atoms with Crippen molar-refractivity contribution in [2.45, 2.75) is 12.8 Å². The van der Waals surface area contributed by atoms with Crippen LogP contribution in [0, 0.1) is 0 Å². The van der Waals surface area contributed by atoms with E-state index in [0.29, 0.717) is 0 Å². The Bertz CT molecular complexity index is 284. The van der Waals surface area contributed by atoms with E-state index in [4.69, 9.17) is 4.74 Å². The molecule has 0 saturated heterocycles. The molecule has 0 aromatic heterocycles. The van der Waals surface area contributed by atoms with Crippen molar-refractivity contribution in [2.75, 3.05) is 0 Å². The predicted octanol–water partition coefficient (Wildman–Crippen LogP) is 3.34. The third kappa shape index (κ3) is 1.64. The number of hydrogen-bond acceptors (Lipinski definition) is 2. The topological polar surface area (TPSA) is 9.23 Å². The molecule has 2 aliphatic rings. The van der Waals surface area contributed by atoms with Crippen molar-refractivity contribution in [2.24, 2.45) is 0 Å². The molecule has 0 radical (unpaired) electrons. The molecule has 0 spiro atoms. The summed E-state index contributed by atoms with van der Waals surface area (Å²) in [5.41, 5.74) is 1.38. The van der Waals surface area contributed by atoms with Crippen LogP contribution in [0.5, 0.6) is 0 Å². The van der Waals surface area contributed by atoms with Crippen molar-refractivity contribution < 1.29 is 4.74 Å². The number of hydrogen-bond donors (Lipinski definition) is 0. The van der Waals surface area contributed by atoms with Gasteiger partial charge >= 0.3 is 0 Å². The normalized spacial score (nSPS) is 21.3. The largest absolute Gasteiger partial charge is 0.471 e. The van der Waals surface area contributed by atoms with Gasteiger partial charge in [0.05, 0.1) is 11.2 Å². The second-order valence-corrected chi connectivity index (χ2v) is 3.61. The minimum absolute atomic E-state index is 1.13. The fourth-order valence-electron chi connectivity index (χ4n) is 1.22. The van der Waals surface area contributed by atoms with Crippen molar-refractivity contribution >= 4 is 11.8 Å². The zero-order valence-corrected chi connectivity index (χ0v) is 7.51. The van der Waals surface area contributed by atoms with Gasteiger partial charge in [-0.25, -0.2) is 0 Å². The molecular formula is C10H10OS. The van der Waals surface area contributed by atoms with Crippen LogP contribution in [0.3, 0.4) is 0 Å². The van der Waals surface area contributed by atoms with Gasteiger partial charge in [0.1, 0.15) is 6.26 Å². The molecule has 0 aromatic carbocycles. The summed E-state index contributed by atoms with van der Waals surface area (Å²) in [5, 5.41) is 1.97. The Hall–Kier alpha value is -0.890. The lowest BCUT2D eigenvalue weighted by Gasteiger charge is -2.12. The minimum Gasteiger partial charge on any atom is -0.471 e. The zero-order chi connectivity index (χ0) is 8.23. The lowest BCUT2D eigenvalue weighted by molar-refractivity contribution is 0.401. The first-order chi connectivity index (χ1) is 5.97. The van der Waals surface area contributed by atoms with E-state index >= 15 is 0 Å². The van der Waals surface area contributed by atoms with Crippen LogP contribution >= 0.6 is 11.8 Å². The SMILES string of the molecule is C1=CCCC(C2=COC=CS2)=C1. The number of thioether (sulfide) groups is 1. The Labute approximate surface area is 76.5 Å². The molecule has 1 nitrogen and oxygen atoms in total. The molecule has 0 unspecified atom stereocenters. The highest BCUT2D eigenvalue weighted by Gasteiger charge is 2.08. The molecule has 0 aromatic rings. The Morgan fingerprint density at radius 3 is 3.08 bits per heavy atom. The lowest BCUT2D eigenvalue weighted by Crippen LogP contribution is -1.91. The van der Waals surface area contributed by atoms with E-state index in [0.717, 1.165) is 12.8 Å². The third-order valence-corrected chi connectivity index (χ3v) is 2.69. The first-order valence-corrected chi connectivity index (χ1v) is 4.88. The Morgan fingerprint density at radius 2 is 2.42 bits per heavy atom. The van der Waals surface area contributed by atoms with E-state index in [-0.39, 0.29) is 0 Å². The molecule has 0 N–H and O–H groups in total. The maximum atomic E-state index is 5.11. The summed E-state index contributed by atoms with van der Waals surface area (Å²) in [7, 11) is 0. The smallest absolute Gasteiger partial charge is 0.104 e. The first-order valence-electron chi connectivity index (χ1n) is 4.00. The van der Waals surface area contributed by atoms with Crippen molar-refractivity contribution in [1.82, 2.24) is 0 Å². The van der Waals surface area contributed by atoms with Crippen LogP contribution in [0.15, 0.2) is 46.6 Å². The summed E-state index contributed by atoms with van der Waals surface area (Å²) in [6.45, 7) is 0. The number of rotatable bonds is 1. The maximum Gasteiger partial charge on any atom is 0.104 e. The van der Waals surface area contributed by atoms with Crippen LogP contribution in [0.1, 0.15) is 12.8 Å². The maximum absolute atomic E-state index is 5.11. The van der Waals surface area contributed by atoms with Gasteiger partial charge in [-0.2, -0.15) is 0 Å². The molecular weight excluding hydrogens is 168 g/mol. The average Bonchev–Trinajstić information content (AvgIpc) is 2.21. The van der Waals surface area contributed by atoms with Gasteiger partial charge in [0.2, 0.25) is 0 Å². The molecule has 0 saturated carbocycles. The second kappa shape index (κ2) is 3.68. The van der Waals surface area contributed by atoms with Gasteiger partial charge in [0, 0.05) is 5.41 Å². The van der Waals surface area contributed by atoms with Gasteiger partial charge in [-0.3, -0.25) is 0 Å². The van der Waals surface area contributed by atoms with Crippen molar-refractivity contribution in [3.8, 4) is 0 Å². The third-order valence-electron chi connectivity index (χ3n) is 1.83. The van der Waals surface area contributed by atoms with Crippen LogP contribution in [-0.4, -0.2) is 0 Å². The van der Waals surface area contributed by atoms with E-state index in [1.165, 1.54) is 10.5 Å². The molecule has 2 rings (SSSR count). The molecule has 1 aliphatic heterocycles. The highest BCUT2D eigenvalue weighted by Crippen LogP contribution is 2.32. The fraction of sp³-hybridized carbons (Fsp3) is 0.200. The van der Waals surface area contributed by atoms with Crippen LogP contribution in [0.2, 0.25) is 0 Å². The monoisotopic (exact) mass is 178 g/mol. The van der Waals surface area contributed by atoms with Gasteiger partial charge in [-0.05, 0) is 18.4 Å². The summed E-state index contributed by atoms with van der Waals surface area (Å²) >= 11 is 1.72. The quantitative estimate of drug-likeness (QED) is 0.609. The second-order valence-electron chi connectivity index (χ2n) is 2.67. The molecule has 0 amide bonds. The highest BCUT2D eigenvalue weighted by molar-refractivity contribution is 8.06. The molecule has 0 bridgehead atoms. The summed E-state index contributed by atoms with van der Waals surface area (Å²) in [4.78, 5) is 1.24. The van der Waals surface area contributed by atoms with Gasteiger partial charge in [0.25, 0.3) is 0 Å². The Kier molecular flexibility index (Phi) is 2.37. The lowest BCUT2D eigenvalue weighted by atomic mass is 10.1. The highest BCUT2D eigenvalue weighted by atomic mass is 32.2. The standard InChI is InChI=1S/C10H10OS/c1-2-4-9(5-3-1)10-8-11-6-7-12-10/h1-2,4,6-8H,3,5H2. The van der Waals surface area contributed by atoms with E-state index in [1.807, 2.05) is 11.7 Å². The van der Waals surface area contributed by atoms with E-state index in [1.54, 1.807) is 18.0 Å². The molecule has 0 atom stereocenters. The van der Waals surface area contributed by atoms with Crippen molar-refractivity contribution in [1.29, 1.82) is 0 Å². The van der Waals surface area contributed by atoms with E-state index < -0.39 is 0 Å². The van der Waals surface area contributed by atoms with Gasteiger partial charge in [-0.15, -0.1) is 0 Å². The summed E-state index contributed by atoms with van der Waals surface area (Å²) in [5.74, 6) is 0. The van der Waals surface area contributed by atoms with Gasteiger partial charge in [-0.1, -0.05) is 30.0 Å². The van der Waals surface area contributed by atoms with Crippen LogP contribution < -0.4 is 0 Å². The average molecular weight is 178 g/mol.